The summed E-state index contributed by atoms with van der Waals surface area (Å²) < 4.78 is 0. The standard InChI is InChI=1S/C18H24N2O2.ClH/c21-16(15-4-2-1-3-5-15)6-7-17(22)20-12-9-18(10-13-20)8-11-19-14-18;/h1-5,19H,6-14H2;1H. The lowest BCUT2D eigenvalue weighted by molar-refractivity contribution is -0.133. The zero-order chi connectivity index (χ0) is 15.4. The van der Waals surface area contributed by atoms with E-state index >= 15 is 0 Å². The van der Waals surface area contributed by atoms with Crippen molar-refractivity contribution >= 4 is 24.1 Å². The molecule has 0 bridgehead atoms. The number of amides is 1. The van der Waals surface area contributed by atoms with Crippen LogP contribution in [0.25, 0.3) is 0 Å². The second kappa shape index (κ2) is 7.93. The van der Waals surface area contributed by atoms with Crippen molar-refractivity contribution in [3.8, 4) is 0 Å². The van der Waals surface area contributed by atoms with E-state index in [0.29, 0.717) is 23.8 Å². The van der Waals surface area contributed by atoms with Gasteiger partial charge in [-0.3, -0.25) is 9.59 Å². The number of hydrogen-bond acceptors (Lipinski definition) is 3. The lowest BCUT2D eigenvalue weighted by Gasteiger charge is -2.38. The minimum atomic E-state index is 0. The van der Waals surface area contributed by atoms with Crippen LogP contribution in [0, 0.1) is 5.41 Å². The molecule has 2 heterocycles. The highest BCUT2D eigenvalue weighted by Gasteiger charge is 2.37. The van der Waals surface area contributed by atoms with Gasteiger partial charge >= 0.3 is 0 Å². The number of hydrogen-bond donors (Lipinski definition) is 1. The van der Waals surface area contributed by atoms with Crippen molar-refractivity contribution in [1.29, 1.82) is 0 Å². The van der Waals surface area contributed by atoms with Crippen LogP contribution in [0.5, 0.6) is 0 Å². The maximum atomic E-state index is 12.3. The predicted octanol–water partition coefficient (Wildman–Crippen LogP) is 2.67. The Morgan fingerprint density at radius 2 is 1.74 bits per heavy atom. The second-order valence-corrected chi connectivity index (χ2v) is 6.60. The first-order valence-electron chi connectivity index (χ1n) is 8.25. The molecule has 1 N–H and O–H groups in total. The molecule has 23 heavy (non-hydrogen) atoms. The number of carbonyl (C=O) groups excluding carboxylic acids is 2. The normalized spacial score (nSPS) is 19.4. The van der Waals surface area contributed by atoms with Crippen LogP contribution in [-0.4, -0.2) is 42.8 Å². The minimum Gasteiger partial charge on any atom is -0.343 e. The number of nitrogens with zero attached hydrogens (tertiary/aromatic N) is 1. The van der Waals surface area contributed by atoms with Crippen LogP contribution in [0.4, 0.5) is 0 Å². The van der Waals surface area contributed by atoms with Crippen LogP contribution in [0.2, 0.25) is 0 Å². The highest BCUT2D eigenvalue weighted by Crippen LogP contribution is 2.37. The number of halogens is 1. The first kappa shape index (κ1) is 18.0. The van der Waals surface area contributed by atoms with Crippen LogP contribution in [0.3, 0.4) is 0 Å². The Bertz CT molecular complexity index is 531. The van der Waals surface area contributed by atoms with E-state index in [1.807, 2.05) is 35.2 Å². The molecule has 1 aromatic rings. The van der Waals surface area contributed by atoms with Crippen molar-refractivity contribution in [2.75, 3.05) is 26.2 Å². The molecule has 4 nitrogen and oxygen atoms in total. The van der Waals surface area contributed by atoms with Gasteiger partial charge in [-0.05, 0) is 31.2 Å². The summed E-state index contributed by atoms with van der Waals surface area (Å²) in [4.78, 5) is 26.3. The SMILES string of the molecule is Cl.O=C(CCC(=O)N1CCC2(CCNC2)CC1)c1ccccc1. The number of Topliss-reactive ketones (excluding diaryl/α,β-unsaturated/α-hetero) is 1. The quantitative estimate of drug-likeness (QED) is 0.860. The number of ketones is 1. The fourth-order valence-corrected chi connectivity index (χ4v) is 3.60. The third-order valence-electron chi connectivity index (χ3n) is 5.17. The van der Waals surface area contributed by atoms with Crippen molar-refractivity contribution in [2.24, 2.45) is 5.41 Å². The van der Waals surface area contributed by atoms with E-state index in [-0.39, 0.29) is 24.1 Å². The Morgan fingerprint density at radius 3 is 2.35 bits per heavy atom. The van der Waals surface area contributed by atoms with Gasteiger partial charge in [-0.15, -0.1) is 12.4 Å². The number of likely N-dealkylation sites (tertiary alicyclic amines) is 1. The molecule has 5 heteroatoms. The predicted molar refractivity (Wildman–Crippen MR) is 93.0 cm³/mol. The maximum Gasteiger partial charge on any atom is 0.223 e. The van der Waals surface area contributed by atoms with E-state index in [2.05, 4.69) is 5.32 Å². The lowest BCUT2D eigenvalue weighted by Crippen LogP contribution is -2.44. The summed E-state index contributed by atoms with van der Waals surface area (Å²) in [5, 5.41) is 3.44. The third kappa shape index (κ3) is 4.33. The van der Waals surface area contributed by atoms with E-state index in [9.17, 15) is 9.59 Å². The van der Waals surface area contributed by atoms with Crippen molar-refractivity contribution in [3.63, 3.8) is 0 Å². The topological polar surface area (TPSA) is 49.4 Å². The van der Waals surface area contributed by atoms with E-state index in [1.165, 1.54) is 6.42 Å². The molecular weight excluding hydrogens is 312 g/mol. The molecule has 1 aromatic carbocycles. The minimum absolute atomic E-state index is 0. The van der Waals surface area contributed by atoms with Gasteiger partial charge in [0.25, 0.3) is 0 Å². The summed E-state index contributed by atoms with van der Waals surface area (Å²) in [6, 6.07) is 9.22. The Morgan fingerprint density at radius 1 is 1.04 bits per heavy atom. The lowest BCUT2D eigenvalue weighted by atomic mass is 9.78. The van der Waals surface area contributed by atoms with Gasteiger partial charge in [0.1, 0.15) is 0 Å². The molecule has 0 atom stereocenters. The van der Waals surface area contributed by atoms with E-state index in [0.717, 1.165) is 39.0 Å². The third-order valence-corrected chi connectivity index (χ3v) is 5.17. The molecule has 0 radical (unpaired) electrons. The molecule has 2 fully saturated rings. The Balaban J connectivity index is 0.00000192. The molecule has 1 spiro atoms. The highest BCUT2D eigenvalue weighted by molar-refractivity contribution is 5.97. The van der Waals surface area contributed by atoms with Gasteiger partial charge in [-0.1, -0.05) is 30.3 Å². The van der Waals surface area contributed by atoms with Crippen LogP contribution in [0.15, 0.2) is 30.3 Å². The van der Waals surface area contributed by atoms with Crippen molar-refractivity contribution in [3.05, 3.63) is 35.9 Å². The molecule has 1 amide bonds. The Labute approximate surface area is 144 Å². The van der Waals surface area contributed by atoms with E-state index in [4.69, 9.17) is 0 Å². The van der Waals surface area contributed by atoms with Gasteiger partial charge in [-0.2, -0.15) is 0 Å². The van der Waals surface area contributed by atoms with Crippen LogP contribution < -0.4 is 5.32 Å². The molecular formula is C18H25ClN2O2. The fourth-order valence-electron chi connectivity index (χ4n) is 3.60. The number of piperidine rings is 1. The molecule has 2 saturated heterocycles. The average molecular weight is 337 g/mol. The van der Waals surface area contributed by atoms with Gasteiger partial charge in [0, 0.05) is 38.0 Å². The zero-order valence-electron chi connectivity index (χ0n) is 13.4. The zero-order valence-corrected chi connectivity index (χ0v) is 14.2. The molecule has 0 unspecified atom stereocenters. The molecule has 3 rings (SSSR count). The summed E-state index contributed by atoms with van der Waals surface area (Å²) in [6.07, 6.45) is 4.07. The monoisotopic (exact) mass is 336 g/mol. The first-order chi connectivity index (χ1) is 10.7. The Kier molecular flexibility index (Phi) is 6.19. The smallest absolute Gasteiger partial charge is 0.223 e. The van der Waals surface area contributed by atoms with Gasteiger partial charge in [0.2, 0.25) is 5.91 Å². The maximum absolute atomic E-state index is 12.3. The van der Waals surface area contributed by atoms with Gasteiger partial charge in [0.05, 0.1) is 0 Å². The molecule has 2 aliphatic rings. The summed E-state index contributed by atoms with van der Waals surface area (Å²) in [6.45, 7) is 3.90. The number of benzene rings is 1. The summed E-state index contributed by atoms with van der Waals surface area (Å²) in [5.74, 6) is 0.188. The number of rotatable bonds is 4. The van der Waals surface area contributed by atoms with Crippen molar-refractivity contribution in [2.45, 2.75) is 32.1 Å². The summed E-state index contributed by atoms with van der Waals surface area (Å²) in [7, 11) is 0. The van der Waals surface area contributed by atoms with Crippen molar-refractivity contribution < 1.29 is 9.59 Å². The summed E-state index contributed by atoms with van der Waals surface area (Å²) in [5.41, 5.74) is 1.13. The largest absolute Gasteiger partial charge is 0.343 e. The summed E-state index contributed by atoms with van der Waals surface area (Å²) >= 11 is 0. The molecule has 126 valence electrons. The second-order valence-electron chi connectivity index (χ2n) is 6.60. The number of nitrogens with one attached hydrogen (secondary N) is 1. The van der Waals surface area contributed by atoms with E-state index < -0.39 is 0 Å². The van der Waals surface area contributed by atoms with E-state index in [1.54, 1.807) is 0 Å². The fraction of sp³-hybridized carbons (Fsp3) is 0.556. The van der Waals surface area contributed by atoms with Crippen LogP contribution in [0.1, 0.15) is 42.5 Å². The molecule has 0 aromatic heterocycles. The van der Waals surface area contributed by atoms with Crippen molar-refractivity contribution in [1.82, 2.24) is 10.2 Å². The van der Waals surface area contributed by atoms with Crippen LogP contribution >= 0.6 is 12.4 Å². The molecule has 0 saturated carbocycles. The molecule has 0 aliphatic carbocycles. The van der Waals surface area contributed by atoms with Crippen LogP contribution in [-0.2, 0) is 4.79 Å². The van der Waals surface area contributed by atoms with Gasteiger partial charge in [0.15, 0.2) is 5.78 Å². The first-order valence-corrected chi connectivity index (χ1v) is 8.25. The van der Waals surface area contributed by atoms with Gasteiger partial charge in [-0.25, -0.2) is 0 Å². The highest BCUT2D eigenvalue weighted by atomic mass is 35.5. The van der Waals surface area contributed by atoms with Gasteiger partial charge < -0.3 is 10.2 Å². The molecule has 2 aliphatic heterocycles. The number of carbonyl (C=O) groups is 2. The Hall–Kier alpha value is -1.39. The average Bonchev–Trinajstić information content (AvgIpc) is 3.02.